The third kappa shape index (κ3) is 3.83. The number of aryl methyl sites for hydroxylation is 1. The van der Waals surface area contributed by atoms with Gasteiger partial charge in [-0.05, 0) is 92.5 Å². The first-order chi connectivity index (χ1) is 15.5. The maximum atomic E-state index is 4.24. The van der Waals surface area contributed by atoms with E-state index in [0.717, 1.165) is 11.2 Å². The van der Waals surface area contributed by atoms with Gasteiger partial charge >= 0.3 is 0 Å². The van der Waals surface area contributed by atoms with Gasteiger partial charge in [-0.25, -0.2) is 0 Å². The van der Waals surface area contributed by atoms with Crippen molar-refractivity contribution in [3.05, 3.63) is 53.5 Å². The largest absolute Gasteiger partial charge is 0.354 e. The normalized spacial score (nSPS) is 16.0. The number of H-pyrrole nitrogens is 1. The van der Waals surface area contributed by atoms with Crippen molar-refractivity contribution < 1.29 is 0 Å². The molecule has 0 saturated carbocycles. The molecule has 168 valence electrons. The summed E-state index contributed by atoms with van der Waals surface area (Å²) in [6.07, 6.45) is 9.08. The third-order valence-electron chi connectivity index (χ3n) is 7.19. The highest BCUT2D eigenvalue weighted by Gasteiger charge is 2.23. The quantitative estimate of drug-likeness (QED) is 0.392. The number of hydrogen-bond donors (Lipinski definition) is 1. The predicted molar refractivity (Wildman–Crippen MR) is 132 cm³/mol. The highest BCUT2D eigenvalue weighted by molar-refractivity contribution is 5.92. The Kier molecular flexibility index (Phi) is 5.76. The molecule has 1 aliphatic rings. The van der Waals surface area contributed by atoms with Gasteiger partial charge in [0.1, 0.15) is 6.33 Å². The zero-order valence-electron chi connectivity index (χ0n) is 19.9. The van der Waals surface area contributed by atoms with Crippen LogP contribution in [-0.4, -0.2) is 44.1 Å². The number of nitrogens with zero attached hydrogens (tertiary/aromatic N) is 4. The van der Waals surface area contributed by atoms with Crippen LogP contribution in [0, 0.1) is 6.92 Å². The first-order valence-electron chi connectivity index (χ1n) is 12.2. The molecule has 4 aromatic rings. The first kappa shape index (κ1) is 21.2. The number of likely N-dealkylation sites (tertiary alicyclic amines) is 1. The second-order valence-electron chi connectivity index (χ2n) is 9.82. The summed E-state index contributed by atoms with van der Waals surface area (Å²) >= 11 is 0. The molecule has 0 radical (unpaired) electrons. The van der Waals surface area contributed by atoms with Gasteiger partial charge in [0.05, 0.1) is 5.69 Å². The molecule has 4 heterocycles. The summed E-state index contributed by atoms with van der Waals surface area (Å²) in [5, 5.41) is 9.70. The van der Waals surface area contributed by atoms with Crippen LogP contribution in [-0.2, 0) is 0 Å². The lowest BCUT2D eigenvalue weighted by Crippen LogP contribution is -2.33. The molecule has 1 aliphatic heterocycles. The van der Waals surface area contributed by atoms with E-state index in [9.17, 15) is 0 Å². The van der Waals surface area contributed by atoms with Gasteiger partial charge in [0, 0.05) is 22.7 Å². The van der Waals surface area contributed by atoms with Gasteiger partial charge in [0.25, 0.3) is 0 Å². The van der Waals surface area contributed by atoms with E-state index in [4.69, 9.17) is 0 Å². The number of fused-ring (bicyclic) bond motifs is 2. The molecule has 3 aromatic heterocycles. The Morgan fingerprint density at radius 3 is 2.72 bits per heavy atom. The van der Waals surface area contributed by atoms with E-state index in [0.29, 0.717) is 11.8 Å². The average molecular weight is 430 g/mol. The molecule has 32 heavy (non-hydrogen) atoms. The van der Waals surface area contributed by atoms with Crippen LogP contribution in [0.25, 0.3) is 27.8 Å². The molecular formula is C27H35N5. The van der Waals surface area contributed by atoms with E-state index in [1.165, 1.54) is 78.6 Å². The summed E-state index contributed by atoms with van der Waals surface area (Å²) in [5.74, 6) is 1.10. The molecule has 0 bridgehead atoms. The molecule has 1 fully saturated rings. The Labute approximate surface area is 190 Å². The molecule has 5 heteroatoms. The van der Waals surface area contributed by atoms with E-state index in [1.807, 2.05) is 4.40 Å². The van der Waals surface area contributed by atoms with Gasteiger partial charge < -0.3 is 9.88 Å². The summed E-state index contributed by atoms with van der Waals surface area (Å²) in [6.45, 7) is 12.7. The fourth-order valence-electron chi connectivity index (χ4n) is 5.42. The molecule has 0 aliphatic carbocycles. The van der Waals surface area contributed by atoms with Crippen LogP contribution < -0.4 is 0 Å². The number of pyridine rings is 1. The lowest BCUT2D eigenvalue weighted by Gasteiger charge is -2.32. The molecule has 1 N–H and O–H groups in total. The molecule has 1 saturated heterocycles. The topological polar surface area (TPSA) is 49.2 Å². The van der Waals surface area contributed by atoms with Crippen molar-refractivity contribution in [1.82, 2.24) is 24.5 Å². The Morgan fingerprint density at radius 2 is 1.97 bits per heavy atom. The summed E-state index contributed by atoms with van der Waals surface area (Å²) in [5.41, 5.74) is 8.63. The number of hydrogen-bond acceptors (Lipinski definition) is 3. The maximum Gasteiger partial charge on any atom is 0.163 e. The van der Waals surface area contributed by atoms with E-state index < -0.39 is 0 Å². The van der Waals surface area contributed by atoms with Crippen LogP contribution in [0.5, 0.6) is 0 Å². The molecular weight excluding hydrogens is 394 g/mol. The van der Waals surface area contributed by atoms with E-state index in [1.54, 1.807) is 6.33 Å². The van der Waals surface area contributed by atoms with Crippen molar-refractivity contribution in [2.24, 2.45) is 0 Å². The van der Waals surface area contributed by atoms with Crippen molar-refractivity contribution in [1.29, 1.82) is 0 Å². The molecule has 0 amide bonds. The third-order valence-corrected chi connectivity index (χ3v) is 7.19. The highest BCUT2D eigenvalue weighted by Crippen LogP contribution is 2.38. The molecule has 0 spiro atoms. The minimum atomic E-state index is 0.432. The Morgan fingerprint density at radius 1 is 1.16 bits per heavy atom. The van der Waals surface area contributed by atoms with Gasteiger partial charge in [-0.1, -0.05) is 33.3 Å². The summed E-state index contributed by atoms with van der Waals surface area (Å²) in [6, 6.07) is 9.36. The van der Waals surface area contributed by atoms with Crippen molar-refractivity contribution in [3.63, 3.8) is 0 Å². The second kappa shape index (κ2) is 8.70. The maximum absolute atomic E-state index is 4.24. The summed E-state index contributed by atoms with van der Waals surface area (Å²) < 4.78 is 2.03. The van der Waals surface area contributed by atoms with Crippen LogP contribution in [0.1, 0.15) is 75.0 Å². The highest BCUT2D eigenvalue weighted by atomic mass is 15.2. The van der Waals surface area contributed by atoms with E-state index in [2.05, 4.69) is 78.2 Å². The number of aromatic nitrogens is 4. The molecule has 5 rings (SSSR count). The zero-order chi connectivity index (χ0) is 22.2. The lowest BCUT2D eigenvalue weighted by molar-refractivity contribution is 0.210. The van der Waals surface area contributed by atoms with Crippen LogP contribution >= 0.6 is 0 Å². The smallest absolute Gasteiger partial charge is 0.163 e. The van der Waals surface area contributed by atoms with Crippen molar-refractivity contribution in [2.75, 3.05) is 19.6 Å². The van der Waals surface area contributed by atoms with Crippen molar-refractivity contribution >= 4 is 16.6 Å². The van der Waals surface area contributed by atoms with Crippen molar-refractivity contribution in [3.8, 4) is 11.3 Å². The number of benzene rings is 1. The minimum Gasteiger partial charge on any atom is -0.354 e. The monoisotopic (exact) mass is 429 g/mol. The fourth-order valence-corrected chi connectivity index (χ4v) is 5.42. The number of rotatable bonds is 6. The Balaban J connectivity index is 1.50. The molecule has 1 aromatic carbocycles. The van der Waals surface area contributed by atoms with Gasteiger partial charge in [0.15, 0.2) is 5.65 Å². The number of unbranched alkanes of at least 4 members (excludes halogenated alkanes) is 1. The average Bonchev–Trinajstić information content (AvgIpc) is 3.42. The number of aromatic amines is 1. The van der Waals surface area contributed by atoms with E-state index >= 15 is 0 Å². The number of piperidine rings is 1. The molecule has 0 atom stereocenters. The SMILES string of the molecule is CCCCN1CCC(c2ccc3[nH]c(-c4cc(C)c5nncn5c4)c(C(C)C)c3c2)CC1. The van der Waals surface area contributed by atoms with Crippen LogP contribution in [0.3, 0.4) is 0 Å². The lowest BCUT2D eigenvalue weighted by atomic mass is 9.87. The van der Waals surface area contributed by atoms with Crippen LogP contribution in [0.4, 0.5) is 0 Å². The minimum absolute atomic E-state index is 0.432. The fraction of sp³-hybridized carbons (Fsp3) is 0.481. The number of nitrogens with one attached hydrogen (secondary N) is 1. The van der Waals surface area contributed by atoms with Gasteiger partial charge in [-0.15, -0.1) is 10.2 Å². The summed E-state index contributed by atoms with van der Waals surface area (Å²) in [7, 11) is 0. The second-order valence-corrected chi connectivity index (χ2v) is 9.82. The Bertz CT molecular complexity index is 1220. The molecule has 0 unspecified atom stereocenters. The van der Waals surface area contributed by atoms with Crippen LogP contribution in [0.15, 0.2) is 36.8 Å². The van der Waals surface area contributed by atoms with Crippen molar-refractivity contribution in [2.45, 2.75) is 65.2 Å². The van der Waals surface area contributed by atoms with Gasteiger partial charge in [-0.2, -0.15) is 0 Å². The standard InChI is InChI=1S/C27H35N5/c1-5-6-11-31-12-9-20(10-13-31)21-7-8-24-23(15-21)25(18(2)3)26(29-24)22-14-19(4)27-30-28-17-32(27)16-22/h7-8,14-18,20,29H,5-6,9-13H2,1-4H3. The first-order valence-corrected chi connectivity index (χ1v) is 12.2. The van der Waals surface area contributed by atoms with Crippen LogP contribution in [0.2, 0.25) is 0 Å². The van der Waals surface area contributed by atoms with Gasteiger partial charge in [0.2, 0.25) is 0 Å². The molecule has 5 nitrogen and oxygen atoms in total. The summed E-state index contributed by atoms with van der Waals surface area (Å²) in [4.78, 5) is 6.39. The predicted octanol–water partition coefficient (Wildman–Crippen LogP) is 6.29. The van der Waals surface area contributed by atoms with Gasteiger partial charge in [-0.3, -0.25) is 4.40 Å². The zero-order valence-corrected chi connectivity index (χ0v) is 19.9. The van der Waals surface area contributed by atoms with E-state index in [-0.39, 0.29) is 0 Å². The Hall–Kier alpha value is -2.66.